The number of nitrogens with zero attached hydrogens (tertiary/aromatic N) is 3. The summed E-state index contributed by atoms with van der Waals surface area (Å²) in [6.07, 6.45) is 3.23. The van der Waals surface area contributed by atoms with Gasteiger partial charge in [-0.2, -0.15) is 0 Å². The molecule has 0 amide bonds. The van der Waals surface area contributed by atoms with Crippen LogP contribution < -0.4 is 0 Å². The van der Waals surface area contributed by atoms with Crippen molar-refractivity contribution in [3.63, 3.8) is 0 Å². The predicted octanol–water partition coefficient (Wildman–Crippen LogP) is 2.85. The molecular weight excluding hydrogens is 226 g/mol. The van der Waals surface area contributed by atoms with Gasteiger partial charge in [-0.15, -0.1) is 0 Å². The van der Waals surface area contributed by atoms with Gasteiger partial charge in [0.15, 0.2) is 5.84 Å². The molecule has 1 aliphatic rings. The third kappa shape index (κ3) is 2.84. The van der Waals surface area contributed by atoms with Crippen LogP contribution in [0.15, 0.2) is 52.2 Å². The average molecular weight is 243 g/mol. The summed E-state index contributed by atoms with van der Waals surface area (Å²) in [5, 5.41) is 11.0. The van der Waals surface area contributed by atoms with Crippen molar-refractivity contribution in [1.29, 1.82) is 0 Å². The van der Waals surface area contributed by atoms with E-state index in [0.717, 1.165) is 10.6 Å². The first-order valence-corrected chi connectivity index (χ1v) is 5.85. The minimum atomic E-state index is -0.355. The largest absolute Gasteiger partial charge is 0.288 e. The van der Waals surface area contributed by atoms with Crippen LogP contribution in [0.25, 0.3) is 0 Å². The van der Waals surface area contributed by atoms with Gasteiger partial charge in [-0.3, -0.25) is 10.3 Å². The van der Waals surface area contributed by atoms with Gasteiger partial charge in [0.2, 0.25) is 0 Å². The van der Waals surface area contributed by atoms with E-state index in [1.807, 2.05) is 51.1 Å². The quantitative estimate of drug-likeness (QED) is 0.812. The lowest BCUT2D eigenvalue weighted by Gasteiger charge is -2.27. The molecule has 0 aromatic heterocycles. The number of aliphatic imine (C=N–C) groups is 2. The summed E-state index contributed by atoms with van der Waals surface area (Å²) < 4.78 is 0. The van der Waals surface area contributed by atoms with Gasteiger partial charge in [0, 0.05) is 5.56 Å². The smallest absolute Gasteiger partial charge is 0.159 e. The first kappa shape index (κ1) is 12.5. The van der Waals surface area contributed by atoms with E-state index in [2.05, 4.69) is 9.98 Å². The van der Waals surface area contributed by atoms with Gasteiger partial charge in [0.05, 0.1) is 18.0 Å². The highest BCUT2D eigenvalue weighted by atomic mass is 16.5. The Kier molecular flexibility index (Phi) is 3.30. The van der Waals surface area contributed by atoms with Crippen LogP contribution in [0.3, 0.4) is 0 Å². The number of allylic oxidation sites excluding steroid dienone is 1. The van der Waals surface area contributed by atoms with Crippen molar-refractivity contribution in [3.8, 4) is 0 Å². The maximum Gasteiger partial charge on any atom is 0.159 e. The Morgan fingerprint density at radius 1 is 1.17 bits per heavy atom. The maximum absolute atomic E-state index is 9.83. The number of rotatable bonds is 2. The Morgan fingerprint density at radius 2 is 1.83 bits per heavy atom. The Bertz CT molecular complexity index is 510. The van der Waals surface area contributed by atoms with Crippen LogP contribution in [-0.4, -0.2) is 27.9 Å². The highest BCUT2D eigenvalue weighted by Crippen LogP contribution is 2.15. The Balaban J connectivity index is 2.20. The second-order valence-corrected chi connectivity index (χ2v) is 5.13. The van der Waals surface area contributed by atoms with Gasteiger partial charge >= 0.3 is 0 Å². The molecule has 4 heteroatoms. The molecule has 2 rings (SSSR count). The minimum absolute atomic E-state index is 0.355. The van der Waals surface area contributed by atoms with E-state index >= 15 is 0 Å². The molecule has 0 saturated heterocycles. The molecule has 0 saturated carbocycles. The molecule has 1 heterocycles. The molecule has 1 aromatic carbocycles. The first-order chi connectivity index (χ1) is 8.47. The molecule has 0 fully saturated rings. The summed E-state index contributed by atoms with van der Waals surface area (Å²) in [4.78, 5) is 8.61. The molecule has 0 atom stereocenters. The Morgan fingerprint density at radius 3 is 2.44 bits per heavy atom. The van der Waals surface area contributed by atoms with Crippen molar-refractivity contribution < 1.29 is 5.21 Å². The molecule has 1 N–H and O–H groups in total. The van der Waals surface area contributed by atoms with Gasteiger partial charge in [0.25, 0.3) is 0 Å². The predicted molar refractivity (Wildman–Crippen MR) is 72.9 cm³/mol. The number of hydroxylamine groups is 2. The second kappa shape index (κ2) is 4.74. The number of benzene rings is 1. The molecular formula is C14H17N3O. The lowest BCUT2D eigenvalue weighted by molar-refractivity contribution is -0.110. The molecule has 18 heavy (non-hydrogen) atoms. The summed E-state index contributed by atoms with van der Waals surface area (Å²) in [6.45, 7) is 5.74. The van der Waals surface area contributed by atoms with Crippen LogP contribution in [0, 0.1) is 0 Å². The minimum Gasteiger partial charge on any atom is -0.288 e. The number of hydrogen-bond donors (Lipinski definition) is 1. The monoisotopic (exact) mass is 243 g/mol. The summed E-state index contributed by atoms with van der Waals surface area (Å²) in [7, 11) is 0. The zero-order valence-electron chi connectivity index (χ0n) is 10.8. The molecule has 1 aromatic rings. The fourth-order valence-corrected chi connectivity index (χ4v) is 1.41. The molecule has 4 nitrogen and oxygen atoms in total. The summed E-state index contributed by atoms with van der Waals surface area (Å²) >= 11 is 0. The van der Waals surface area contributed by atoms with E-state index in [0.29, 0.717) is 11.5 Å². The van der Waals surface area contributed by atoms with E-state index in [1.165, 1.54) is 0 Å². The van der Waals surface area contributed by atoms with E-state index in [1.54, 1.807) is 12.4 Å². The number of amidine groups is 1. The third-order valence-electron chi connectivity index (χ3n) is 2.53. The van der Waals surface area contributed by atoms with E-state index < -0.39 is 0 Å². The lowest BCUT2D eigenvalue weighted by atomic mass is 10.1. The van der Waals surface area contributed by atoms with E-state index in [-0.39, 0.29) is 5.54 Å². The SMILES string of the molecule is CC(C)(C)N(O)C=C1C=NC(c2ccccc2)=N1. The van der Waals surface area contributed by atoms with Gasteiger partial charge in [-0.25, -0.2) is 9.98 Å². The van der Waals surface area contributed by atoms with Gasteiger partial charge in [-0.05, 0) is 20.8 Å². The van der Waals surface area contributed by atoms with Gasteiger partial charge < -0.3 is 0 Å². The van der Waals surface area contributed by atoms with Crippen LogP contribution in [0.1, 0.15) is 26.3 Å². The standard InChI is InChI=1S/C14H17N3O/c1-14(2,3)17(18)10-12-9-15-13(16-12)11-7-5-4-6-8-11/h4-10,18H,1-3H3. The van der Waals surface area contributed by atoms with E-state index in [9.17, 15) is 5.21 Å². The van der Waals surface area contributed by atoms with E-state index in [4.69, 9.17) is 0 Å². The topological polar surface area (TPSA) is 48.2 Å². The van der Waals surface area contributed by atoms with Crippen molar-refractivity contribution in [2.45, 2.75) is 26.3 Å². The Labute approximate surface area is 107 Å². The summed E-state index contributed by atoms with van der Waals surface area (Å²) in [5.41, 5.74) is 1.26. The van der Waals surface area contributed by atoms with Crippen molar-refractivity contribution >= 4 is 12.1 Å². The Hall–Kier alpha value is -1.94. The van der Waals surface area contributed by atoms with Crippen molar-refractivity contribution in [2.75, 3.05) is 0 Å². The molecule has 0 unspecified atom stereocenters. The zero-order chi connectivity index (χ0) is 13.2. The van der Waals surface area contributed by atoms with Crippen LogP contribution in [0.4, 0.5) is 0 Å². The van der Waals surface area contributed by atoms with Crippen molar-refractivity contribution in [3.05, 3.63) is 47.8 Å². The summed E-state index contributed by atoms with van der Waals surface area (Å²) in [6, 6.07) is 9.76. The lowest BCUT2D eigenvalue weighted by Crippen LogP contribution is -2.34. The highest BCUT2D eigenvalue weighted by molar-refractivity contribution is 6.10. The second-order valence-electron chi connectivity index (χ2n) is 5.13. The zero-order valence-corrected chi connectivity index (χ0v) is 10.8. The van der Waals surface area contributed by atoms with Gasteiger partial charge in [-0.1, -0.05) is 30.3 Å². The normalized spacial score (nSPS) is 17.1. The van der Waals surface area contributed by atoms with Crippen LogP contribution >= 0.6 is 0 Å². The average Bonchev–Trinajstić information content (AvgIpc) is 2.77. The molecule has 0 spiro atoms. The number of hydrogen-bond acceptors (Lipinski definition) is 4. The summed E-state index contributed by atoms with van der Waals surface area (Å²) in [5.74, 6) is 0.671. The maximum atomic E-state index is 9.83. The molecule has 0 radical (unpaired) electrons. The highest BCUT2D eigenvalue weighted by Gasteiger charge is 2.17. The van der Waals surface area contributed by atoms with Gasteiger partial charge in [0.1, 0.15) is 5.70 Å². The van der Waals surface area contributed by atoms with Crippen molar-refractivity contribution in [1.82, 2.24) is 5.06 Å². The molecule has 1 aliphatic heterocycles. The molecule has 0 bridgehead atoms. The van der Waals surface area contributed by atoms with Crippen LogP contribution in [0.5, 0.6) is 0 Å². The first-order valence-electron chi connectivity index (χ1n) is 5.85. The van der Waals surface area contributed by atoms with Crippen molar-refractivity contribution in [2.24, 2.45) is 9.98 Å². The third-order valence-corrected chi connectivity index (χ3v) is 2.53. The molecule has 94 valence electrons. The molecule has 0 aliphatic carbocycles. The van der Waals surface area contributed by atoms with Crippen LogP contribution in [-0.2, 0) is 0 Å². The van der Waals surface area contributed by atoms with Crippen LogP contribution in [0.2, 0.25) is 0 Å². The fraction of sp³-hybridized carbons (Fsp3) is 0.286. The fourth-order valence-electron chi connectivity index (χ4n) is 1.41.